The summed E-state index contributed by atoms with van der Waals surface area (Å²) in [4.78, 5) is 27.1. The van der Waals surface area contributed by atoms with Crippen molar-refractivity contribution in [2.75, 3.05) is 26.4 Å². The second kappa shape index (κ2) is 9.37. The summed E-state index contributed by atoms with van der Waals surface area (Å²) in [5.41, 5.74) is 8.82. The molecular weight excluding hydrogens is 400 g/mol. The Kier molecular flexibility index (Phi) is 7.06. The van der Waals surface area contributed by atoms with Crippen molar-refractivity contribution < 1.29 is 19.1 Å². The first kappa shape index (κ1) is 22.6. The van der Waals surface area contributed by atoms with Gasteiger partial charge in [-0.1, -0.05) is 26.0 Å². The number of nitrogens with one attached hydrogen (secondary N) is 1. The van der Waals surface area contributed by atoms with Crippen molar-refractivity contribution in [2.24, 2.45) is 11.1 Å². The average Bonchev–Trinajstić information content (AvgIpc) is 2.67. The van der Waals surface area contributed by atoms with Crippen molar-refractivity contribution in [1.82, 2.24) is 5.32 Å². The lowest BCUT2D eigenvalue weighted by Crippen LogP contribution is -2.40. The van der Waals surface area contributed by atoms with E-state index in [0.717, 1.165) is 16.2 Å². The van der Waals surface area contributed by atoms with Crippen LogP contribution in [0.2, 0.25) is 0 Å². The molecule has 2 aliphatic rings. The molecule has 0 saturated heterocycles. The van der Waals surface area contributed by atoms with E-state index in [1.165, 1.54) is 0 Å². The molecule has 1 aromatic carbocycles. The van der Waals surface area contributed by atoms with Gasteiger partial charge in [-0.15, -0.1) is 12.6 Å². The van der Waals surface area contributed by atoms with Gasteiger partial charge in [-0.05, 0) is 36.5 Å². The number of ketones is 1. The Morgan fingerprint density at radius 3 is 2.60 bits per heavy atom. The van der Waals surface area contributed by atoms with Gasteiger partial charge in [0.1, 0.15) is 0 Å². The Labute approximate surface area is 183 Å². The number of rotatable bonds is 7. The SMILES string of the molecule is CCOC(=O)C1=C(COCCN)NC2=C(C(=O)CC(C)(C)C2)C1c1ccc(S)cc1. The van der Waals surface area contributed by atoms with Gasteiger partial charge in [0.15, 0.2) is 5.78 Å². The van der Waals surface area contributed by atoms with E-state index in [2.05, 4.69) is 31.8 Å². The minimum absolute atomic E-state index is 0.0532. The Bertz CT molecular complexity index is 887. The van der Waals surface area contributed by atoms with Crippen LogP contribution < -0.4 is 11.1 Å². The van der Waals surface area contributed by atoms with Gasteiger partial charge in [0, 0.05) is 35.0 Å². The highest BCUT2D eigenvalue weighted by Crippen LogP contribution is 2.46. The van der Waals surface area contributed by atoms with E-state index in [-0.39, 0.29) is 24.4 Å². The number of allylic oxidation sites excluding steroid dienone is 2. The summed E-state index contributed by atoms with van der Waals surface area (Å²) < 4.78 is 11.1. The average molecular weight is 431 g/mol. The molecule has 1 aromatic rings. The van der Waals surface area contributed by atoms with Crippen LogP contribution in [0.25, 0.3) is 0 Å². The molecule has 162 valence electrons. The van der Waals surface area contributed by atoms with E-state index in [1.807, 2.05) is 24.3 Å². The van der Waals surface area contributed by atoms with Gasteiger partial charge >= 0.3 is 5.97 Å². The number of benzene rings is 1. The largest absolute Gasteiger partial charge is 0.463 e. The molecule has 0 fully saturated rings. The Hall–Kier alpha value is -2.09. The number of carbonyl (C=O) groups is 2. The van der Waals surface area contributed by atoms with Crippen LogP contribution in [0.1, 0.15) is 45.1 Å². The monoisotopic (exact) mass is 430 g/mol. The number of Topliss-reactive ketones (excluding diaryl/α,β-unsaturated/α-hetero) is 1. The zero-order valence-corrected chi connectivity index (χ0v) is 18.7. The van der Waals surface area contributed by atoms with Crippen LogP contribution in [-0.2, 0) is 19.1 Å². The maximum atomic E-state index is 13.3. The van der Waals surface area contributed by atoms with Crippen molar-refractivity contribution >= 4 is 24.4 Å². The number of esters is 1. The lowest BCUT2D eigenvalue weighted by molar-refractivity contribution is -0.139. The van der Waals surface area contributed by atoms with Crippen molar-refractivity contribution in [3.63, 3.8) is 0 Å². The minimum Gasteiger partial charge on any atom is -0.463 e. The lowest BCUT2D eigenvalue weighted by atomic mass is 9.68. The molecule has 3 N–H and O–H groups in total. The van der Waals surface area contributed by atoms with E-state index in [0.29, 0.717) is 42.8 Å². The fourth-order valence-corrected chi connectivity index (χ4v) is 4.32. The minimum atomic E-state index is -0.505. The highest BCUT2D eigenvalue weighted by atomic mass is 32.1. The van der Waals surface area contributed by atoms with Gasteiger partial charge in [-0.25, -0.2) is 4.79 Å². The summed E-state index contributed by atoms with van der Waals surface area (Å²) in [7, 11) is 0. The molecular formula is C23H30N2O4S. The van der Waals surface area contributed by atoms with E-state index in [1.54, 1.807) is 6.92 Å². The molecule has 3 rings (SSSR count). The zero-order valence-electron chi connectivity index (χ0n) is 17.8. The number of dihydropyridines is 1. The van der Waals surface area contributed by atoms with Crippen molar-refractivity contribution in [1.29, 1.82) is 0 Å². The molecule has 1 aliphatic heterocycles. The maximum absolute atomic E-state index is 13.3. The third kappa shape index (κ3) is 4.79. The normalized spacial score (nSPS) is 20.7. The van der Waals surface area contributed by atoms with Crippen molar-refractivity contribution in [2.45, 2.75) is 44.4 Å². The summed E-state index contributed by atoms with van der Waals surface area (Å²) in [5.74, 6) is -0.896. The van der Waals surface area contributed by atoms with Crippen LogP contribution in [0.15, 0.2) is 51.7 Å². The molecule has 30 heavy (non-hydrogen) atoms. The van der Waals surface area contributed by atoms with Crippen LogP contribution in [0.5, 0.6) is 0 Å². The van der Waals surface area contributed by atoms with E-state index in [9.17, 15) is 9.59 Å². The number of hydrogen-bond acceptors (Lipinski definition) is 7. The number of carbonyl (C=O) groups excluding carboxylic acids is 2. The number of ether oxygens (including phenoxy) is 2. The highest BCUT2D eigenvalue weighted by Gasteiger charge is 2.43. The second-order valence-corrected chi connectivity index (χ2v) is 8.95. The number of nitrogens with two attached hydrogens (primary N) is 1. The molecule has 0 amide bonds. The van der Waals surface area contributed by atoms with Crippen LogP contribution in [0.4, 0.5) is 0 Å². The topological polar surface area (TPSA) is 90.7 Å². The van der Waals surface area contributed by atoms with Crippen LogP contribution in [0.3, 0.4) is 0 Å². The van der Waals surface area contributed by atoms with Gasteiger partial charge in [-0.3, -0.25) is 4.79 Å². The Morgan fingerprint density at radius 1 is 1.27 bits per heavy atom. The van der Waals surface area contributed by atoms with E-state index in [4.69, 9.17) is 15.2 Å². The fraction of sp³-hybridized carbons (Fsp3) is 0.478. The maximum Gasteiger partial charge on any atom is 0.336 e. The molecule has 1 heterocycles. The summed E-state index contributed by atoms with van der Waals surface area (Å²) in [6.07, 6.45) is 1.15. The molecule has 0 saturated carbocycles. The van der Waals surface area contributed by atoms with E-state index < -0.39 is 11.9 Å². The van der Waals surface area contributed by atoms with Crippen LogP contribution in [-0.4, -0.2) is 38.1 Å². The number of thiol groups is 1. The lowest BCUT2D eigenvalue weighted by Gasteiger charge is -2.40. The van der Waals surface area contributed by atoms with E-state index >= 15 is 0 Å². The fourth-order valence-electron chi connectivity index (χ4n) is 4.17. The predicted molar refractivity (Wildman–Crippen MR) is 118 cm³/mol. The molecule has 1 atom stereocenters. The molecule has 1 aliphatic carbocycles. The molecule has 0 aromatic heterocycles. The smallest absolute Gasteiger partial charge is 0.336 e. The second-order valence-electron chi connectivity index (χ2n) is 8.44. The first-order chi connectivity index (χ1) is 14.3. The van der Waals surface area contributed by atoms with Gasteiger partial charge < -0.3 is 20.5 Å². The predicted octanol–water partition coefficient (Wildman–Crippen LogP) is 3.10. The zero-order chi connectivity index (χ0) is 21.9. The third-order valence-corrected chi connectivity index (χ3v) is 5.65. The third-order valence-electron chi connectivity index (χ3n) is 5.35. The van der Waals surface area contributed by atoms with Crippen LogP contribution in [0, 0.1) is 5.41 Å². The summed E-state index contributed by atoms with van der Waals surface area (Å²) in [6, 6.07) is 7.55. The van der Waals surface area contributed by atoms with Gasteiger partial charge in [0.25, 0.3) is 0 Å². The quantitative estimate of drug-likeness (QED) is 0.350. The van der Waals surface area contributed by atoms with Gasteiger partial charge in [0.2, 0.25) is 0 Å². The standard InChI is InChI=1S/C23H30N2O4S/c1-4-29-22(27)21-17(13-28-10-9-24)25-16-11-23(2,3)12-18(26)20(16)19(21)14-5-7-15(30)8-6-14/h5-8,19,25,30H,4,9-13,24H2,1-3H3. The molecule has 1 unspecified atom stereocenters. The molecule has 0 spiro atoms. The van der Waals surface area contributed by atoms with Gasteiger partial charge in [-0.2, -0.15) is 0 Å². The highest BCUT2D eigenvalue weighted by molar-refractivity contribution is 7.80. The number of hydrogen-bond donors (Lipinski definition) is 3. The first-order valence-electron chi connectivity index (χ1n) is 10.3. The molecule has 0 bridgehead atoms. The molecule has 6 nitrogen and oxygen atoms in total. The van der Waals surface area contributed by atoms with Gasteiger partial charge in [0.05, 0.1) is 31.1 Å². The summed E-state index contributed by atoms with van der Waals surface area (Å²) in [5, 5.41) is 3.36. The van der Waals surface area contributed by atoms with Crippen LogP contribution >= 0.6 is 12.6 Å². The summed E-state index contributed by atoms with van der Waals surface area (Å²) in [6.45, 7) is 7.12. The molecule has 7 heteroatoms. The summed E-state index contributed by atoms with van der Waals surface area (Å²) >= 11 is 4.37. The Balaban J connectivity index is 2.16. The Morgan fingerprint density at radius 2 is 1.97 bits per heavy atom. The van der Waals surface area contributed by atoms with Crippen molar-refractivity contribution in [3.05, 3.63) is 52.4 Å². The molecule has 0 radical (unpaired) electrons. The van der Waals surface area contributed by atoms with Crippen molar-refractivity contribution in [3.8, 4) is 0 Å². The first-order valence-corrected chi connectivity index (χ1v) is 10.7.